The summed E-state index contributed by atoms with van der Waals surface area (Å²) >= 11 is 0. The zero-order chi connectivity index (χ0) is 12.4. The number of nitrogens with zero attached hydrogens (tertiary/aromatic N) is 4. The van der Waals surface area contributed by atoms with E-state index in [2.05, 4.69) is 15.5 Å². The van der Waals surface area contributed by atoms with Gasteiger partial charge >= 0.3 is 0 Å². The summed E-state index contributed by atoms with van der Waals surface area (Å²) in [6, 6.07) is 7.82. The Morgan fingerprint density at radius 1 is 1.28 bits per heavy atom. The highest BCUT2D eigenvalue weighted by atomic mass is 16.3. The fraction of sp³-hybridized carbons (Fsp3) is 0.250. The molecule has 6 heteroatoms. The molecule has 2 aromatic heterocycles. The predicted octanol–water partition coefficient (Wildman–Crippen LogP) is 1.44. The van der Waals surface area contributed by atoms with Crippen molar-refractivity contribution in [2.24, 2.45) is 5.73 Å². The summed E-state index contributed by atoms with van der Waals surface area (Å²) in [5.41, 5.74) is 7.25. The van der Waals surface area contributed by atoms with Gasteiger partial charge in [0.05, 0.1) is 5.56 Å². The number of tetrazole rings is 1. The molecule has 2 N–H and O–H groups in total. The number of aromatic nitrogens is 4. The summed E-state index contributed by atoms with van der Waals surface area (Å²) in [5.74, 6) is 0.716. The molecule has 0 aliphatic carbocycles. The first kappa shape index (κ1) is 10.9. The zero-order valence-electron chi connectivity index (χ0n) is 9.78. The minimum absolute atomic E-state index is 0.617. The van der Waals surface area contributed by atoms with E-state index in [9.17, 15) is 0 Å². The molecule has 0 saturated heterocycles. The summed E-state index contributed by atoms with van der Waals surface area (Å²) < 4.78 is 7.25. The third-order valence-corrected chi connectivity index (χ3v) is 2.83. The predicted molar refractivity (Wildman–Crippen MR) is 66.7 cm³/mol. The standard InChI is InChI=1S/C12H13N5O/c13-6-3-7-17-12(14-15-16-17)10-8-18-11-5-2-1-4-9(10)11/h1-2,4-5,8H,3,6-7,13H2. The molecule has 18 heavy (non-hydrogen) atoms. The maximum Gasteiger partial charge on any atom is 0.185 e. The number of nitrogens with two attached hydrogens (primary N) is 1. The highest BCUT2D eigenvalue weighted by molar-refractivity contribution is 5.91. The van der Waals surface area contributed by atoms with Gasteiger partial charge in [-0.2, -0.15) is 0 Å². The normalized spacial score (nSPS) is 11.2. The number of hydrogen-bond acceptors (Lipinski definition) is 5. The number of aryl methyl sites for hydroxylation is 1. The Kier molecular flexibility index (Phi) is 2.77. The van der Waals surface area contributed by atoms with E-state index in [1.807, 2.05) is 24.3 Å². The van der Waals surface area contributed by atoms with Crippen LogP contribution in [0.2, 0.25) is 0 Å². The fourth-order valence-corrected chi connectivity index (χ4v) is 1.94. The molecule has 0 unspecified atom stereocenters. The van der Waals surface area contributed by atoms with Gasteiger partial charge in [-0.1, -0.05) is 18.2 Å². The van der Waals surface area contributed by atoms with Crippen LogP contribution >= 0.6 is 0 Å². The molecule has 0 fully saturated rings. The van der Waals surface area contributed by atoms with Gasteiger partial charge in [-0.15, -0.1) is 5.10 Å². The van der Waals surface area contributed by atoms with E-state index < -0.39 is 0 Å². The van der Waals surface area contributed by atoms with Crippen LogP contribution in [0.15, 0.2) is 34.9 Å². The molecule has 0 amide bonds. The Labute approximate surface area is 103 Å². The molecule has 0 saturated carbocycles. The van der Waals surface area contributed by atoms with Crippen LogP contribution in [0.4, 0.5) is 0 Å². The lowest BCUT2D eigenvalue weighted by Gasteiger charge is -2.01. The topological polar surface area (TPSA) is 82.8 Å². The molecule has 0 aliphatic rings. The number of hydrogen-bond donors (Lipinski definition) is 1. The van der Waals surface area contributed by atoms with Crippen molar-refractivity contribution in [3.05, 3.63) is 30.5 Å². The number of rotatable bonds is 4. The quantitative estimate of drug-likeness (QED) is 0.749. The van der Waals surface area contributed by atoms with Gasteiger partial charge in [-0.05, 0) is 29.5 Å². The van der Waals surface area contributed by atoms with Crippen LogP contribution in [-0.2, 0) is 6.54 Å². The summed E-state index contributed by atoms with van der Waals surface area (Å²) in [5, 5.41) is 12.8. The van der Waals surface area contributed by atoms with Crippen molar-refractivity contribution in [3.8, 4) is 11.4 Å². The fourth-order valence-electron chi connectivity index (χ4n) is 1.94. The lowest BCUT2D eigenvalue weighted by Crippen LogP contribution is -2.08. The molecule has 2 heterocycles. The summed E-state index contributed by atoms with van der Waals surface area (Å²) in [7, 11) is 0. The summed E-state index contributed by atoms with van der Waals surface area (Å²) in [4.78, 5) is 0. The smallest absolute Gasteiger partial charge is 0.185 e. The molecule has 92 valence electrons. The van der Waals surface area contributed by atoms with Gasteiger partial charge in [0.15, 0.2) is 5.82 Å². The van der Waals surface area contributed by atoms with Gasteiger partial charge in [-0.3, -0.25) is 0 Å². The second kappa shape index (κ2) is 4.58. The lowest BCUT2D eigenvalue weighted by molar-refractivity contribution is 0.567. The highest BCUT2D eigenvalue weighted by Crippen LogP contribution is 2.28. The van der Waals surface area contributed by atoms with Crippen LogP contribution in [0, 0.1) is 0 Å². The van der Waals surface area contributed by atoms with Crippen molar-refractivity contribution in [2.45, 2.75) is 13.0 Å². The van der Waals surface area contributed by atoms with Crippen molar-refractivity contribution >= 4 is 11.0 Å². The molecule has 0 aliphatic heterocycles. The molecular weight excluding hydrogens is 230 g/mol. The van der Waals surface area contributed by atoms with Gasteiger partial charge in [0.2, 0.25) is 0 Å². The van der Waals surface area contributed by atoms with Crippen LogP contribution in [0.1, 0.15) is 6.42 Å². The molecular formula is C12H13N5O. The first-order valence-electron chi connectivity index (χ1n) is 5.83. The summed E-state index contributed by atoms with van der Waals surface area (Å²) in [6.45, 7) is 1.32. The maximum atomic E-state index is 5.50. The van der Waals surface area contributed by atoms with Crippen molar-refractivity contribution in [1.29, 1.82) is 0 Å². The Balaban J connectivity index is 2.06. The van der Waals surface area contributed by atoms with E-state index in [1.165, 1.54) is 0 Å². The largest absolute Gasteiger partial charge is 0.464 e. The Morgan fingerprint density at radius 2 is 2.17 bits per heavy atom. The van der Waals surface area contributed by atoms with Gasteiger partial charge in [0, 0.05) is 11.9 Å². The SMILES string of the molecule is NCCCn1nnnc1-c1coc2ccccc12. The molecule has 0 bridgehead atoms. The van der Waals surface area contributed by atoms with Gasteiger partial charge in [0.25, 0.3) is 0 Å². The molecule has 1 aromatic carbocycles. The molecule has 0 spiro atoms. The number of benzene rings is 1. The average molecular weight is 243 g/mol. The third-order valence-electron chi connectivity index (χ3n) is 2.83. The number of para-hydroxylation sites is 1. The Hall–Kier alpha value is -2.21. The second-order valence-corrected chi connectivity index (χ2v) is 4.01. The number of fused-ring (bicyclic) bond motifs is 1. The molecule has 0 radical (unpaired) electrons. The molecule has 3 aromatic rings. The molecule has 6 nitrogen and oxygen atoms in total. The van der Waals surface area contributed by atoms with Crippen molar-refractivity contribution in [3.63, 3.8) is 0 Å². The van der Waals surface area contributed by atoms with E-state index in [4.69, 9.17) is 10.2 Å². The van der Waals surface area contributed by atoms with E-state index in [-0.39, 0.29) is 0 Å². The van der Waals surface area contributed by atoms with E-state index in [0.717, 1.165) is 23.0 Å². The summed E-state index contributed by atoms with van der Waals surface area (Å²) in [6.07, 6.45) is 2.53. The van der Waals surface area contributed by atoms with Gasteiger partial charge in [0.1, 0.15) is 11.8 Å². The van der Waals surface area contributed by atoms with Crippen molar-refractivity contribution < 1.29 is 4.42 Å². The van der Waals surface area contributed by atoms with Crippen LogP contribution in [-0.4, -0.2) is 26.8 Å². The van der Waals surface area contributed by atoms with Crippen LogP contribution in [0.3, 0.4) is 0 Å². The Morgan fingerprint density at radius 3 is 3.06 bits per heavy atom. The van der Waals surface area contributed by atoms with Crippen LogP contribution in [0.5, 0.6) is 0 Å². The minimum atomic E-state index is 0.617. The third kappa shape index (κ3) is 1.76. The van der Waals surface area contributed by atoms with Gasteiger partial charge in [-0.25, -0.2) is 4.68 Å². The number of furan rings is 1. The minimum Gasteiger partial charge on any atom is -0.464 e. The molecule has 3 rings (SSSR count). The van der Waals surface area contributed by atoms with E-state index in [0.29, 0.717) is 18.9 Å². The van der Waals surface area contributed by atoms with Crippen molar-refractivity contribution in [2.75, 3.05) is 6.54 Å². The first-order valence-corrected chi connectivity index (χ1v) is 5.83. The zero-order valence-corrected chi connectivity index (χ0v) is 9.78. The maximum absolute atomic E-state index is 5.50. The lowest BCUT2D eigenvalue weighted by atomic mass is 10.1. The van der Waals surface area contributed by atoms with E-state index in [1.54, 1.807) is 10.9 Å². The second-order valence-electron chi connectivity index (χ2n) is 4.01. The average Bonchev–Trinajstić information content (AvgIpc) is 3.02. The molecule has 0 atom stereocenters. The van der Waals surface area contributed by atoms with E-state index >= 15 is 0 Å². The van der Waals surface area contributed by atoms with Crippen molar-refractivity contribution in [1.82, 2.24) is 20.2 Å². The highest BCUT2D eigenvalue weighted by Gasteiger charge is 2.14. The van der Waals surface area contributed by atoms with Crippen LogP contribution in [0.25, 0.3) is 22.4 Å². The van der Waals surface area contributed by atoms with Gasteiger partial charge < -0.3 is 10.2 Å². The Bertz CT molecular complexity index is 657. The van der Waals surface area contributed by atoms with Crippen LogP contribution < -0.4 is 5.73 Å². The first-order chi connectivity index (χ1) is 8.90. The monoisotopic (exact) mass is 243 g/mol.